The van der Waals surface area contributed by atoms with Gasteiger partial charge in [0, 0.05) is 23.4 Å². The van der Waals surface area contributed by atoms with Crippen molar-refractivity contribution in [1.29, 1.82) is 0 Å². The maximum absolute atomic E-state index is 13.4. The molecule has 1 amide bonds. The van der Waals surface area contributed by atoms with Crippen molar-refractivity contribution in [2.24, 2.45) is 0 Å². The average Bonchev–Trinajstić information content (AvgIpc) is 2.57. The number of hydrogen-bond acceptors (Lipinski definition) is 3. The van der Waals surface area contributed by atoms with Crippen molar-refractivity contribution in [2.45, 2.75) is 13.0 Å². The molecule has 0 unspecified atom stereocenters. The van der Waals surface area contributed by atoms with E-state index in [-0.39, 0.29) is 11.3 Å². The van der Waals surface area contributed by atoms with Crippen LogP contribution in [0.4, 0.5) is 18.9 Å². The molecule has 0 aliphatic rings. The number of ether oxygens (including phenoxy) is 1. The van der Waals surface area contributed by atoms with Gasteiger partial charge in [-0.25, -0.2) is 18.0 Å². The zero-order valence-electron chi connectivity index (χ0n) is 13.1. The summed E-state index contributed by atoms with van der Waals surface area (Å²) in [6, 6.07) is 8.66. The number of amides is 1. The summed E-state index contributed by atoms with van der Waals surface area (Å²) < 4.78 is 44.2. The Bertz CT molecular complexity index is 821. The number of nitrogens with one attached hydrogen (secondary N) is 1. The molecule has 25 heavy (non-hydrogen) atoms. The molecule has 0 aromatic heterocycles. The first-order chi connectivity index (χ1) is 11.9. The van der Waals surface area contributed by atoms with Gasteiger partial charge in [0.05, 0.1) is 0 Å². The molecule has 1 N–H and O–H groups in total. The summed E-state index contributed by atoms with van der Waals surface area (Å²) in [5.74, 6) is -4.24. The lowest BCUT2D eigenvalue weighted by molar-refractivity contribution is -0.148. The van der Waals surface area contributed by atoms with Gasteiger partial charge >= 0.3 is 5.97 Å². The van der Waals surface area contributed by atoms with Gasteiger partial charge in [0.15, 0.2) is 17.7 Å². The van der Waals surface area contributed by atoms with E-state index in [0.29, 0.717) is 0 Å². The Balaban J connectivity index is 1.92. The molecule has 7 heteroatoms. The predicted molar refractivity (Wildman–Crippen MR) is 86.0 cm³/mol. The molecule has 4 nitrogen and oxygen atoms in total. The first-order valence-corrected chi connectivity index (χ1v) is 7.26. The van der Waals surface area contributed by atoms with E-state index in [2.05, 4.69) is 5.32 Å². The Morgan fingerprint density at radius 2 is 1.76 bits per heavy atom. The lowest BCUT2D eigenvalue weighted by atomic mass is 10.2. The number of esters is 1. The van der Waals surface area contributed by atoms with Gasteiger partial charge < -0.3 is 10.1 Å². The second-order valence-electron chi connectivity index (χ2n) is 5.05. The number of rotatable bonds is 5. The highest BCUT2D eigenvalue weighted by molar-refractivity contribution is 5.96. The fourth-order valence-electron chi connectivity index (χ4n) is 1.85. The highest BCUT2D eigenvalue weighted by Crippen LogP contribution is 2.14. The Labute approximate surface area is 141 Å². The molecule has 0 heterocycles. The molecule has 2 aromatic rings. The van der Waals surface area contributed by atoms with Crippen molar-refractivity contribution in [2.75, 3.05) is 5.32 Å². The molecule has 0 aliphatic heterocycles. The molecule has 2 aromatic carbocycles. The van der Waals surface area contributed by atoms with E-state index in [1.165, 1.54) is 37.3 Å². The average molecular weight is 349 g/mol. The Morgan fingerprint density at radius 3 is 2.44 bits per heavy atom. The second-order valence-corrected chi connectivity index (χ2v) is 5.05. The van der Waals surface area contributed by atoms with Gasteiger partial charge in [0.25, 0.3) is 5.91 Å². The number of carbonyl (C=O) groups is 2. The summed E-state index contributed by atoms with van der Waals surface area (Å²) >= 11 is 0. The number of halogens is 3. The van der Waals surface area contributed by atoms with Crippen molar-refractivity contribution in [3.63, 3.8) is 0 Å². The first kappa shape index (κ1) is 18.3. The Kier molecular flexibility index (Phi) is 5.94. The van der Waals surface area contributed by atoms with Crippen LogP contribution in [0.3, 0.4) is 0 Å². The smallest absolute Gasteiger partial charge is 0.331 e. The summed E-state index contributed by atoms with van der Waals surface area (Å²) in [4.78, 5) is 23.6. The van der Waals surface area contributed by atoms with E-state index in [1.54, 1.807) is 6.07 Å². The zero-order chi connectivity index (χ0) is 18.4. The molecule has 0 saturated carbocycles. The van der Waals surface area contributed by atoms with E-state index in [1.807, 2.05) is 0 Å². The fraction of sp³-hybridized carbons (Fsp3) is 0.111. The van der Waals surface area contributed by atoms with Crippen LogP contribution in [0.5, 0.6) is 0 Å². The minimum Gasteiger partial charge on any atom is -0.449 e. The van der Waals surface area contributed by atoms with Crippen molar-refractivity contribution in [1.82, 2.24) is 0 Å². The van der Waals surface area contributed by atoms with Crippen molar-refractivity contribution in [3.8, 4) is 0 Å². The van der Waals surface area contributed by atoms with E-state index in [0.717, 1.165) is 18.2 Å². The molecular weight excluding hydrogens is 335 g/mol. The molecule has 0 bridgehead atoms. The van der Waals surface area contributed by atoms with Gasteiger partial charge in [0.2, 0.25) is 0 Å². The Morgan fingerprint density at radius 1 is 1.04 bits per heavy atom. The largest absolute Gasteiger partial charge is 0.449 e. The lowest BCUT2D eigenvalue weighted by Gasteiger charge is -2.12. The van der Waals surface area contributed by atoms with Gasteiger partial charge in [-0.3, -0.25) is 4.79 Å². The molecule has 130 valence electrons. The summed E-state index contributed by atoms with van der Waals surface area (Å²) in [5.41, 5.74) is 0.215. The SMILES string of the molecule is C[C@H](OC(=O)/C=C/c1ccccc1F)C(=O)Nc1ccc(F)c(F)c1. The highest BCUT2D eigenvalue weighted by Gasteiger charge is 2.17. The third-order valence-corrected chi connectivity index (χ3v) is 3.15. The van der Waals surface area contributed by atoms with Gasteiger partial charge in [-0.1, -0.05) is 18.2 Å². The van der Waals surface area contributed by atoms with Crippen molar-refractivity contribution in [3.05, 3.63) is 71.6 Å². The predicted octanol–water partition coefficient (Wildman–Crippen LogP) is 3.69. The van der Waals surface area contributed by atoms with Crippen LogP contribution in [0.2, 0.25) is 0 Å². The maximum atomic E-state index is 13.4. The fourth-order valence-corrected chi connectivity index (χ4v) is 1.85. The third kappa shape index (κ3) is 5.20. The number of benzene rings is 2. The number of carbonyl (C=O) groups excluding carboxylic acids is 2. The van der Waals surface area contributed by atoms with Crippen LogP contribution in [-0.2, 0) is 14.3 Å². The zero-order valence-corrected chi connectivity index (χ0v) is 13.1. The van der Waals surface area contributed by atoms with Gasteiger partial charge in [-0.2, -0.15) is 0 Å². The Hall–Kier alpha value is -3.09. The highest BCUT2D eigenvalue weighted by atomic mass is 19.2. The first-order valence-electron chi connectivity index (χ1n) is 7.26. The number of anilines is 1. The van der Waals surface area contributed by atoms with Crippen LogP contribution < -0.4 is 5.32 Å². The van der Waals surface area contributed by atoms with E-state index in [4.69, 9.17) is 4.74 Å². The molecule has 0 spiro atoms. The quantitative estimate of drug-likeness (QED) is 0.662. The summed E-state index contributed by atoms with van der Waals surface area (Å²) in [7, 11) is 0. The molecule has 0 radical (unpaired) electrons. The van der Waals surface area contributed by atoms with Crippen LogP contribution >= 0.6 is 0 Å². The van der Waals surface area contributed by atoms with Crippen LogP contribution in [0, 0.1) is 17.5 Å². The van der Waals surface area contributed by atoms with Gasteiger partial charge in [-0.05, 0) is 31.2 Å². The van der Waals surface area contributed by atoms with E-state index >= 15 is 0 Å². The monoisotopic (exact) mass is 349 g/mol. The third-order valence-electron chi connectivity index (χ3n) is 3.15. The normalized spacial score (nSPS) is 12.0. The minimum absolute atomic E-state index is 0.0219. The van der Waals surface area contributed by atoms with E-state index < -0.39 is 35.4 Å². The van der Waals surface area contributed by atoms with Crippen LogP contribution in [-0.4, -0.2) is 18.0 Å². The molecule has 1 atom stereocenters. The summed E-state index contributed by atoms with van der Waals surface area (Å²) in [6.45, 7) is 1.31. The molecular formula is C18H14F3NO3. The van der Waals surface area contributed by atoms with Crippen molar-refractivity contribution < 1.29 is 27.5 Å². The number of hydrogen-bond donors (Lipinski definition) is 1. The summed E-state index contributed by atoms with van der Waals surface area (Å²) in [5, 5.41) is 2.29. The minimum atomic E-state index is -1.19. The van der Waals surface area contributed by atoms with Gasteiger partial charge in [-0.15, -0.1) is 0 Å². The topological polar surface area (TPSA) is 55.4 Å². The molecule has 0 aliphatic carbocycles. The van der Waals surface area contributed by atoms with Gasteiger partial charge in [0.1, 0.15) is 5.82 Å². The summed E-state index contributed by atoms with van der Waals surface area (Å²) in [6.07, 6.45) is 1.02. The van der Waals surface area contributed by atoms with E-state index in [9.17, 15) is 22.8 Å². The second kappa shape index (κ2) is 8.14. The van der Waals surface area contributed by atoms with Crippen LogP contribution in [0.25, 0.3) is 6.08 Å². The maximum Gasteiger partial charge on any atom is 0.331 e. The van der Waals surface area contributed by atoms with Crippen molar-refractivity contribution >= 4 is 23.6 Å². The molecule has 0 saturated heterocycles. The molecule has 2 rings (SSSR count). The lowest BCUT2D eigenvalue weighted by Crippen LogP contribution is -2.29. The van der Waals surface area contributed by atoms with Crippen LogP contribution in [0.1, 0.15) is 12.5 Å². The standard InChI is InChI=1S/C18H14F3NO3/c1-11(18(24)22-13-7-8-15(20)16(21)10-13)25-17(23)9-6-12-4-2-3-5-14(12)19/h2-11H,1H3,(H,22,24)/b9-6+/t11-/m0/s1. The molecule has 0 fully saturated rings. The van der Waals surface area contributed by atoms with Crippen LogP contribution in [0.15, 0.2) is 48.5 Å².